The molecule has 4 aromatic rings. The van der Waals surface area contributed by atoms with Gasteiger partial charge >= 0.3 is 0 Å². The third kappa shape index (κ3) is 3.84. The molecule has 0 aliphatic heterocycles. The van der Waals surface area contributed by atoms with E-state index < -0.39 is 0 Å². The summed E-state index contributed by atoms with van der Waals surface area (Å²) in [4.78, 5) is 33.9. The molecule has 8 nitrogen and oxygen atoms in total. The molecule has 2 aromatic heterocycles. The van der Waals surface area contributed by atoms with Crippen LogP contribution in [0, 0.1) is 6.92 Å². The highest BCUT2D eigenvalue weighted by Gasteiger charge is 2.13. The van der Waals surface area contributed by atoms with Gasteiger partial charge in [-0.05, 0) is 30.7 Å². The lowest BCUT2D eigenvalue weighted by atomic mass is 10.2. The van der Waals surface area contributed by atoms with Gasteiger partial charge in [0, 0.05) is 19.0 Å². The first kappa shape index (κ1) is 19.8. The van der Waals surface area contributed by atoms with Gasteiger partial charge in [-0.3, -0.25) is 14.2 Å². The molecule has 0 spiro atoms. The molecule has 2 heterocycles. The van der Waals surface area contributed by atoms with Crippen LogP contribution < -0.4 is 20.3 Å². The topological polar surface area (TPSA) is 95.3 Å². The number of aryl methyl sites for hydroxylation is 2. The number of nitrogens with zero attached hydrogens (tertiary/aromatic N) is 3. The first-order valence-corrected chi connectivity index (χ1v) is 10.1. The Morgan fingerprint density at radius 2 is 1.90 bits per heavy atom. The van der Waals surface area contributed by atoms with Crippen molar-refractivity contribution in [2.75, 3.05) is 19.5 Å². The van der Waals surface area contributed by atoms with Gasteiger partial charge in [0.2, 0.25) is 5.91 Å². The highest BCUT2D eigenvalue weighted by molar-refractivity contribution is 7.22. The van der Waals surface area contributed by atoms with Crippen molar-refractivity contribution in [1.82, 2.24) is 14.5 Å². The number of aromatic nitrogens is 3. The van der Waals surface area contributed by atoms with Gasteiger partial charge in [-0.25, -0.2) is 9.97 Å². The fourth-order valence-corrected chi connectivity index (χ4v) is 4.11. The predicted octanol–water partition coefficient (Wildman–Crippen LogP) is 3.36. The van der Waals surface area contributed by atoms with Gasteiger partial charge in [0.15, 0.2) is 16.6 Å². The van der Waals surface area contributed by atoms with Crippen molar-refractivity contribution in [1.29, 1.82) is 0 Å². The monoisotopic (exact) mass is 424 g/mol. The number of hydrogen-bond acceptors (Lipinski definition) is 7. The third-order valence-corrected chi connectivity index (χ3v) is 5.63. The Balaban J connectivity index is 1.50. The second-order valence-electron chi connectivity index (χ2n) is 6.76. The highest BCUT2D eigenvalue weighted by atomic mass is 32.1. The Bertz CT molecular complexity index is 1310. The second-order valence-corrected chi connectivity index (χ2v) is 7.79. The fourth-order valence-electron chi connectivity index (χ4n) is 3.13. The van der Waals surface area contributed by atoms with Gasteiger partial charge in [-0.15, -0.1) is 0 Å². The van der Waals surface area contributed by atoms with Crippen LogP contribution in [0.25, 0.3) is 21.1 Å². The van der Waals surface area contributed by atoms with Crippen molar-refractivity contribution in [3.63, 3.8) is 0 Å². The Morgan fingerprint density at radius 3 is 2.67 bits per heavy atom. The number of nitrogens with one attached hydrogen (secondary N) is 1. The lowest BCUT2D eigenvalue weighted by Crippen LogP contribution is -2.23. The van der Waals surface area contributed by atoms with Gasteiger partial charge in [0.25, 0.3) is 5.56 Å². The van der Waals surface area contributed by atoms with E-state index in [1.165, 1.54) is 36.5 Å². The van der Waals surface area contributed by atoms with Gasteiger partial charge < -0.3 is 14.8 Å². The summed E-state index contributed by atoms with van der Waals surface area (Å²) in [7, 11) is 3.03. The van der Waals surface area contributed by atoms with Crippen molar-refractivity contribution in [2.24, 2.45) is 0 Å². The van der Waals surface area contributed by atoms with E-state index in [9.17, 15) is 9.59 Å². The molecule has 0 aliphatic rings. The van der Waals surface area contributed by atoms with Crippen molar-refractivity contribution in [3.05, 3.63) is 52.6 Å². The Hall–Kier alpha value is -3.46. The largest absolute Gasteiger partial charge is 0.493 e. The minimum absolute atomic E-state index is 0.120. The van der Waals surface area contributed by atoms with Crippen molar-refractivity contribution in [2.45, 2.75) is 19.9 Å². The zero-order valence-electron chi connectivity index (χ0n) is 16.8. The van der Waals surface area contributed by atoms with E-state index in [4.69, 9.17) is 9.47 Å². The van der Waals surface area contributed by atoms with E-state index in [0.29, 0.717) is 27.5 Å². The van der Waals surface area contributed by atoms with E-state index >= 15 is 0 Å². The zero-order valence-corrected chi connectivity index (χ0v) is 17.6. The van der Waals surface area contributed by atoms with E-state index in [0.717, 1.165) is 15.8 Å². The molecule has 0 fully saturated rings. The lowest BCUT2D eigenvalue weighted by molar-refractivity contribution is -0.116. The summed E-state index contributed by atoms with van der Waals surface area (Å²) in [5, 5.41) is 3.75. The molecule has 1 N–H and O–H groups in total. The molecule has 4 rings (SSSR count). The number of carbonyl (C=O) groups excluding carboxylic acids is 1. The number of ether oxygens (including phenoxy) is 2. The molecule has 0 radical (unpaired) electrons. The summed E-state index contributed by atoms with van der Waals surface area (Å²) < 4.78 is 12.9. The molecule has 9 heteroatoms. The number of thiazole rings is 1. The van der Waals surface area contributed by atoms with Crippen LogP contribution in [0.5, 0.6) is 11.5 Å². The van der Waals surface area contributed by atoms with Crippen LogP contribution in [0.15, 0.2) is 41.5 Å². The minimum Gasteiger partial charge on any atom is -0.493 e. The molecular formula is C21H20N4O4S. The first-order chi connectivity index (χ1) is 14.5. The summed E-state index contributed by atoms with van der Waals surface area (Å²) in [5.74, 6) is 0.732. The maximum Gasteiger partial charge on any atom is 0.261 e. The normalized spacial score (nSPS) is 11.0. The lowest BCUT2D eigenvalue weighted by Gasteiger charge is -2.10. The van der Waals surface area contributed by atoms with Crippen LogP contribution in [-0.4, -0.2) is 34.7 Å². The molecule has 0 saturated heterocycles. The summed E-state index contributed by atoms with van der Waals surface area (Å²) in [6, 6.07) is 9.20. The van der Waals surface area contributed by atoms with Crippen molar-refractivity contribution >= 4 is 43.5 Å². The Kier molecular flexibility index (Phi) is 5.37. The molecule has 1 amide bonds. The molecule has 2 aromatic carbocycles. The van der Waals surface area contributed by atoms with Crippen molar-refractivity contribution < 1.29 is 14.3 Å². The standard InChI is InChI=1S/C21H20N4O4S/c1-12-4-5-14-18(8-12)30-21(23-14)24-19(26)6-7-25-11-22-15-10-17(29-3)16(28-2)9-13(15)20(25)27/h4-5,8-11H,6-7H2,1-3H3,(H,23,24,26). The van der Waals surface area contributed by atoms with Crippen molar-refractivity contribution in [3.8, 4) is 11.5 Å². The molecule has 154 valence electrons. The van der Waals surface area contributed by atoms with E-state index in [1.807, 2.05) is 25.1 Å². The molecule has 0 saturated carbocycles. The molecule has 0 atom stereocenters. The first-order valence-electron chi connectivity index (χ1n) is 9.26. The Labute approximate surface area is 176 Å². The van der Waals surface area contributed by atoms with Gasteiger partial charge in [-0.1, -0.05) is 17.4 Å². The number of benzene rings is 2. The number of fused-ring (bicyclic) bond motifs is 2. The molecule has 30 heavy (non-hydrogen) atoms. The quantitative estimate of drug-likeness (QED) is 0.510. The third-order valence-electron chi connectivity index (χ3n) is 4.70. The van der Waals surface area contributed by atoms with E-state index in [2.05, 4.69) is 15.3 Å². The Morgan fingerprint density at radius 1 is 1.13 bits per heavy atom. The van der Waals surface area contributed by atoms with E-state index in [1.54, 1.807) is 12.1 Å². The van der Waals surface area contributed by atoms with E-state index in [-0.39, 0.29) is 24.4 Å². The summed E-state index contributed by atoms with van der Waals surface area (Å²) >= 11 is 1.42. The maximum atomic E-state index is 12.8. The number of hydrogen-bond donors (Lipinski definition) is 1. The zero-order chi connectivity index (χ0) is 21.3. The molecular weight excluding hydrogens is 404 g/mol. The van der Waals surface area contributed by atoms with Crippen LogP contribution in [0.3, 0.4) is 0 Å². The summed E-state index contributed by atoms with van der Waals surface area (Å²) in [5.41, 5.74) is 2.24. The number of rotatable bonds is 6. The van der Waals surface area contributed by atoms with Gasteiger partial charge in [0.1, 0.15) is 0 Å². The smallest absolute Gasteiger partial charge is 0.261 e. The summed E-state index contributed by atoms with van der Waals surface area (Å²) in [6.07, 6.45) is 1.56. The van der Waals surface area contributed by atoms with Gasteiger partial charge in [-0.2, -0.15) is 0 Å². The van der Waals surface area contributed by atoms with Crippen LogP contribution >= 0.6 is 11.3 Å². The minimum atomic E-state index is -0.246. The molecule has 0 unspecified atom stereocenters. The number of carbonyl (C=O) groups is 1. The molecule has 0 bridgehead atoms. The number of anilines is 1. The SMILES string of the molecule is COc1cc2ncn(CCC(=O)Nc3nc4ccc(C)cc4s3)c(=O)c2cc1OC. The van der Waals surface area contributed by atoms with Crippen LogP contribution in [0.1, 0.15) is 12.0 Å². The second kappa shape index (κ2) is 8.11. The maximum absolute atomic E-state index is 12.8. The molecule has 0 aliphatic carbocycles. The fraction of sp³-hybridized carbons (Fsp3) is 0.238. The predicted molar refractivity (Wildman–Crippen MR) is 117 cm³/mol. The van der Waals surface area contributed by atoms with Crippen LogP contribution in [0.4, 0.5) is 5.13 Å². The van der Waals surface area contributed by atoms with Crippen LogP contribution in [0.2, 0.25) is 0 Å². The summed E-state index contributed by atoms with van der Waals surface area (Å²) in [6.45, 7) is 2.21. The average Bonchev–Trinajstić information content (AvgIpc) is 3.13. The number of amides is 1. The van der Waals surface area contributed by atoms with Crippen LogP contribution in [-0.2, 0) is 11.3 Å². The average molecular weight is 424 g/mol. The van der Waals surface area contributed by atoms with Gasteiger partial charge in [0.05, 0.1) is 41.7 Å². The number of methoxy groups -OCH3 is 2. The highest BCUT2D eigenvalue weighted by Crippen LogP contribution is 2.30.